The van der Waals surface area contributed by atoms with E-state index in [0.717, 1.165) is 34.7 Å². The summed E-state index contributed by atoms with van der Waals surface area (Å²) in [7, 11) is 4.27. The number of hydrogen-bond acceptors (Lipinski definition) is 5. The monoisotopic (exact) mass is 375 g/mol. The zero-order valence-electron chi connectivity index (χ0n) is 12.0. The van der Waals surface area contributed by atoms with Crippen molar-refractivity contribution >= 4 is 28.4 Å². The zero-order valence-corrected chi connectivity index (χ0v) is 14.2. The normalized spacial score (nSPS) is 22.1. The molecule has 0 spiro atoms. The molecule has 1 unspecified atom stereocenters. The Balaban J connectivity index is 2.39. The highest BCUT2D eigenvalue weighted by atomic mass is 127. The lowest BCUT2D eigenvalue weighted by atomic mass is 10.1. The Morgan fingerprint density at radius 2 is 1.95 bits per heavy atom. The van der Waals surface area contributed by atoms with E-state index in [1.165, 1.54) is 0 Å². The topological polar surface area (TPSA) is 58.3 Å². The molecule has 2 rings (SSSR count). The summed E-state index contributed by atoms with van der Waals surface area (Å²) in [6, 6.07) is 0.232. The fraction of sp³-hybridized carbons (Fsp3) is 0.692. The molecule has 5 nitrogen and oxygen atoms in total. The highest BCUT2D eigenvalue weighted by Crippen LogP contribution is 2.27. The van der Waals surface area contributed by atoms with Crippen LogP contribution < -0.4 is 5.73 Å². The van der Waals surface area contributed by atoms with Gasteiger partial charge in [0, 0.05) is 19.6 Å². The predicted molar refractivity (Wildman–Crippen MR) is 86.1 cm³/mol. The van der Waals surface area contributed by atoms with E-state index in [4.69, 9.17) is 10.7 Å². The van der Waals surface area contributed by atoms with Crippen LogP contribution in [-0.4, -0.2) is 53.5 Å². The molecule has 1 aromatic rings. The van der Waals surface area contributed by atoms with Crippen LogP contribution in [0, 0.1) is 3.57 Å². The second-order valence-electron chi connectivity index (χ2n) is 5.58. The summed E-state index contributed by atoms with van der Waals surface area (Å²) in [5.74, 6) is 1.83. The molecule has 2 N–H and O–H groups in total. The van der Waals surface area contributed by atoms with Crippen molar-refractivity contribution in [3.05, 3.63) is 15.1 Å². The van der Waals surface area contributed by atoms with E-state index in [9.17, 15) is 0 Å². The molecule has 1 aliphatic rings. The van der Waals surface area contributed by atoms with Crippen molar-refractivity contribution in [2.75, 3.05) is 39.5 Å². The highest BCUT2D eigenvalue weighted by Gasteiger charge is 2.27. The quantitative estimate of drug-likeness (QED) is 0.798. The van der Waals surface area contributed by atoms with Crippen molar-refractivity contribution in [2.24, 2.45) is 0 Å². The molecule has 0 radical (unpaired) electrons. The summed E-state index contributed by atoms with van der Waals surface area (Å²) in [6.07, 6.45) is 0. The Morgan fingerprint density at radius 1 is 1.26 bits per heavy atom. The number of aromatic nitrogens is 2. The van der Waals surface area contributed by atoms with E-state index < -0.39 is 0 Å². The smallest absolute Gasteiger partial charge is 0.149 e. The van der Waals surface area contributed by atoms with Gasteiger partial charge in [-0.15, -0.1) is 0 Å². The van der Waals surface area contributed by atoms with Gasteiger partial charge in [-0.3, -0.25) is 4.90 Å². The lowest BCUT2D eigenvalue weighted by Crippen LogP contribution is -2.45. The molecule has 0 bridgehead atoms. The fourth-order valence-corrected chi connectivity index (χ4v) is 3.19. The summed E-state index contributed by atoms with van der Waals surface area (Å²) in [5, 5.41) is 0. The average Bonchev–Trinajstić information content (AvgIpc) is 2.35. The minimum Gasteiger partial charge on any atom is -0.383 e. The first-order chi connectivity index (χ1) is 8.90. The van der Waals surface area contributed by atoms with Crippen LogP contribution in [0.1, 0.15) is 37.3 Å². The minimum atomic E-state index is 0.232. The number of nitrogens with two attached hydrogens (primary N) is 1. The molecule has 2 heterocycles. The summed E-state index contributed by atoms with van der Waals surface area (Å²) >= 11 is 2.24. The maximum Gasteiger partial charge on any atom is 0.149 e. The molecule has 6 heteroatoms. The van der Waals surface area contributed by atoms with Gasteiger partial charge >= 0.3 is 0 Å². The third-order valence-corrected chi connectivity index (χ3v) is 4.72. The van der Waals surface area contributed by atoms with E-state index in [1.807, 2.05) is 0 Å². The molecule has 19 heavy (non-hydrogen) atoms. The number of anilines is 1. The number of halogens is 1. The standard InChI is InChI=1S/C13H22IN5/c1-8(2)11-10(14)12(15)17-13(16-11)9-7-18(3)5-6-19(9)4/h8-9H,5-7H2,1-4H3,(H2,15,16,17). The van der Waals surface area contributed by atoms with Gasteiger partial charge in [0.15, 0.2) is 0 Å². The van der Waals surface area contributed by atoms with Crippen LogP contribution in [0.5, 0.6) is 0 Å². The van der Waals surface area contributed by atoms with E-state index in [-0.39, 0.29) is 6.04 Å². The second-order valence-corrected chi connectivity index (χ2v) is 6.66. The SMILES string of the molecule is CC(C)c1nc(C2CN(C)CCN2C)nc(N)c1I. The third-order valence-electron chi connectivity index (χ3n) is 3.62. The van der Waals surface area contributed by atoms with Gasteiger partial charge < -0.3 is 10.6 Å². The van der Waals surface area contributed by atoms with Gasteiger partial charge in [0.2, 0.25) is 0 Å². The van der Waals surface area contributed by atoms with Crippen LogP contribution in [0.2, 0.25) is 0 Å². The Morgan fingerprint density at radius 3 is 2.58 bits per heavy atom. The van der Waals surface area contributed by atoms with Crippen molar-refractivity contribution < 1.29 is 0 Å². The van der Waals surface area contributed by atoms with Crippen LogP contribution in [0.3, 0.4) is 0 Å². The maximum absolute atomic E-state index is 6.06. The predicted octanol–water partition coefficient (Wildman–Crippen LogP) is 1.71. The van der Waals surface area contributed by atoms with Gasteiger partial charge in [-0.1, -0.05) is 13.8 Å². The Bertz CT molecular complexity index is 463. The lowest BCUT2D eigenvalue weighted by Gasteiger charge is -2.36. The first-order valence-corrected chi connectivity index (χ1v) is 7.69. The largest absolute Gasteiger partial charge is 0.383 e. The fourth-order valence-electron chi connectivity index (χ4n) is 2.32. The number of piperazine rings is 1. The van der Waals surface area contributed by atoms with Gasteiger partial charge in [0.05, 0.1) is 15.3 Å². The minimum absolute atomic E-state index is 0.232. The van der Waals surface area contributed by atoms with Gasteiger partial charge in [-0.25, -0.2) is 9.97 Å². The highest BCUT2D eigenvalue weighted by molar-refractivity contribution is 14.1. The first-order valence-electron chi connectivity index (χ1n) is 6.61. The number of likely N-dealkylation sites (N-methyl/N-ethyl adjacent to an activating group) is 2. The first kappa shape index (κ1) is 14.9. The molecule has 0 amide bonds. The molecule has 1 aromatic heterocycles. The van der Waals surface area contributed by atoms with Crippen molar-refractivity contribution in [2.45, 2.75) is 25.8 Å². The average molecular weight is 375 g/mol. The molecule has 1 fully saturated rings. The van der Waals surface area contributed by atoms with E-state index in [0.29, 0.717) is 11.7 Å². The maximum atomic E-state index is 6.06. The summed E-state index contributed by atoms with van der Waals surface area (Å²) < 4.78 is 0.989. The van der Waals surface area contributed by atoms with Crippen LogP contribution in [0.25, 0.3) is 0 Å². The van der Waals surface area contributed by atoms with Crippen LogP contribution >= 0.6 is 22.6 Å². The van der Waals surface area contributed by atoms with E-state index in [2.05, 4.69) is 65.3 Å². The molecular formula is C13H22IN5. The Labute approximate surface area is 128 Å². The van der Waals surface area contributed by atoms with Crippen molar-refractivity contribution in [1.29, 1.82) is 0 Å². The van der Waals surface area contributed by atoms with Crippen LogP contribution in [0.4, 0.5) is 5.82 Å². The summed E-state index contributed by atoms with van der Waals surface area (Å²) in [6.45, 7) is 7.36. The number of rotatable bonds is 2. The van der Waals surface area contributed by atoms with Gasteiger partial charge in [-0.05, 0) is 42.6 Å². The van der Waals surface area contributed by atoms with Crippen molar-refractivity contribution in [3.8, 4) is 0 Å². The van der Waals surface area contributed by atoms with Gasteiger partial charge in [0.25, 0.3) is 0 Å². The number of nitrogen functional groups attached to an aromatic ring is 1. The molecular weight excluding hydrogens is 353 g/mol. The van der Waals surface area contributed by atoms with Crippen LogP contribution in [-0.2, 0) is 0 Å². The van der Waals surface area contributed by atoms with Crippen molar-refractivity contribution in [3.63, 3.8) is 0 Å². The van der Waals surface area contributed by atoms with Gasteiger partial charge in [-0.2, -0.15) is 0 Å². The van der Waals surface area contributed by atoms with Gasteiger partial charge in [0.1, 0.15) is 11.6 Å². The van der Waals surface area contributed by atoms with Crippen molar-refractivity contribution in [1.82, 2.24) is 19.8 Å². The lowest BCUT2D eigenvalue weighted by molar-refractivity contribution is 0.109. The zero-order chi connectivity index (χ0) is 14.2. The van der Waals surface area contributed by atoms with E-state index in [1.54, 1.807) is 0 Å². The number of nitrogens with zero attached hydrogens (tertiary/aromatic N) is 4. The Hall–Kier alpha value is -0.470. The molecule has 0 aliphatic carbocycles. The summed E-state index contributed by atoms with van der Waals surface area (Å²) in [5.41, 5.74) is 7.12. The third kappa shape index (κ3) is 3.17. The molecule has 1 atom stereocenters. The second kappa shape index (κ2) is 5.88. The summed E-state index contributed by atoms with van der Waals surface area (Å²) in [4.78, 5) is 13.9. The van der Waals surface area contributed by atoms with E-state index >= 15 is 0 Å². The molecule has 0 aromatic carbocycles. The molecule has 1 aliphatic heterocycles. The number of hydrogen-bond donors (Lipinski definition) is 1. The molecule has 1 saturated heterocycles. The van der Waals surface area contributed by atoms with Crippen LogP contribution in [0.15, 0.2) is 0 Å². The Kier molecular flexibility index (Phi) is 4.62. The molecule has 0 saturated carbocycles. The molecule has 106 valence electrons.